The second kappa shape index (κ2) is 7.11. The van der Waals surface area contributed by atoms with E-state index in [0.717, 1.165) is 25.9 Å². The van der Waals surface area contributed by atoms with E-state index in [9.17, 15) is 8.42 Å². The molecule has 0 spiro atoms. The Morgan fingerprint density at radius 2 is 2.19 bits per heavy atom. The lowest BCUT2D eigenvalue weighted by molar-refractivity contribution is 0.0134. The van der Waals surface area contributed by atoms with Gasteiger partial charge in [0.15, 0.2) is 0 Å². The third-order valence-electron chi connectivity index (χ3n) is 3.62. The molecule has 1 atom stereocenters. The van der Waals surface area contributed by atoms with Crippen molar-refractivity contribution < 1.29 is 13.2 Å². The maximum Gasteiger partial charge on any atom is 0.242 e. The van der Waals surface area contributed by atoms with Crippen LogP contribution in [0.15, 0.2) is 23.1 Å². The summed E-state index contributed by atoms with van der Waals surface area (Å²) in [4.78, 5) is 0.176. The van der Waals surface area contributed by atoms with Crippen LogP contribution >= 0.6 is 0 Å². The Kier molecular flexibility index (Phi) is 5.44. The third-order valence-corrected chi connectivity index (χ3v) is 5.07. The minimum Gasteiger partial charge on any atom is -0.399 e. The Balaban J connectivity index is 2.02. The fraction of sp³-hybridized carbons (Fsp3) is 0.571. The number of benzene rings is 1. The van der Waals surface area contributed by atoms with Gasteiger partial charge in [-0.2, -0.15) is 0 Å². The number of hydrogen-bond donors (Lipinski definition) is 3. The minimum atomic E-state index is -3.53. The number of nitrogens with one attached hydrogen (secondary N) is 2. The number of nitrogen functional groups attached to an aromatic ring is 1. The first kappa shape index (κ1) is 16.1. The van der Waals surface area contributed by atoms with E-state index in [1.54, 1.807) is 12.1 Å². The third kappa shape index (κ3) is 4.33. The van der Waals surface area contributed by atoms with Gasteiger partial charge in [0.25, 0.3) is 0 Å². The molecule has 2 rings (SSSR count). The highest BCUT2D eigenvalue weighted by atomic mass is 32.2. The number of rotatable bonds is 6. The number of anilines is 2. The van der Waals surface area contributed by atoms with Gasteiger partial charge in [-0.3, -0.25) is 0 Å². The molecule has 0 aliphatic carbocycles. The summed E-state index contributed by atoms with van der Waals surface area (Å²) in [5.74, 6) is 0. The zero-order valence-corrected chi connectivity index (χ0v) is 13.1. The van der Waals surface area contributed by atoms with Gasteiger partial charge in [-0.15, -0.1) is 0 Å². The van der Waals surface area contributed by atoms with Crippen molar-refractivity contribution in [1.29, 1.82) is 0 Å². The van der Waals surface area contributed by atoms with E-state index in [1.165, 1.54) is 19.5 Å². The van der Waals surface area contributed by atoms with Gasteiger partial charge >= 0.3 is 0 Å². The summed E-state index contributed by atoms with van der Waals surface area (Å²) in [5.41, 5.74) is 6.67. The molecule has 1 fully saturated rings. The summed E-state index contributed by atoms with van der Waals surface area (Å²) < 4.78 is 32.0. The van der Waals surface area contributed by atoms with Crippen molar-refractivity contribution >= 4 is 21.4 Å². The quantitative estimate of drug-likeness (QED) is 0.693. The van der Waals surface area contributed by atoms with Crippen molar-refractivity contribution in [1.82, 2.24) is 4.72 Å². The lowest BCUT2D eigenvalue weighted by Crippen LogP contribution is -2.23. The van der Waals surface area contributed by atoms with Crippen LogP contribution < -0.4 is 15.8 Å². The fourth-order valence-electron chi connectivity index (χ4n) is 2.42. The largest absolute Gasteiger partial charge is 0.399 e. The molecule has 118 valence electrons. The molecule has 1 unspecified atom stereocenters. The zero-order valence-electron chi connectivity index (χ0n) is 12.3. The number of hydrogen-bond acceptors (Lipinski definition) is 5. The molecule has 4 N–H and O–H groups in total. The number of sulfonamides is 1. The molecule has 1 saturated heterocycles. The molecule has 0 amide bonds. The zero-order chi connectivity index (χ0) is 15.3. The minimum absolute atomic E-state index is 0.176. The molecule has 0 aromatic heterocycles. The molecular formula is C14H23N3O3S. The van der Waals surface area contributed by atoms with Gasteiger partial charge in [-0.05, 0) is 50.9 Å². The Hall–Kier alpha value is -1.31. The SMILES string of the molecule is CNS(=O)(=O)c1cc(N)ccc1NCCC1CCCCO1. The van der Waals surface area contributed by atoms with Crippen LogP contribution in [0.4, 0.5) is 11.4 Å². The van der Waals surface area contributed by atoms with Crippen LogP contribution in [0.1, 0.15) is 25.7 Å². The maximum absolute atomic E-state index is 12.0. The van der Waals surface area contributed by atoms with Gasteiger partial charge in [-0.25, -0.2) is 13.1 Å². The van der Waals surface area contributed by atoms with E-state index in [4.69, 9.17) is 10.5 Å². The lowest BCUT2D eigenvalue weighted by Gasteiger charge is -2.23. The molecule has 7 heteroatoms. The predicted molar refractivity (Wildman–Crippen MR) is 83.8 cm³/mol. The first-order valence-electron chi connectivity index (χ1n) is 7.21. The fourth-order valence-corrected chi connectivity index (χ4v) is 3.36. The van der Waals surface area contributed by atoms with Crippen LogP contribution in [0.5, 0.6) is 0 Å². The van der Waals surface area contributed by atoms with E-state index in [2.05, 4.69) is 10.0 Å². The standard InChI is InChI=1S/C14H23N3O3S/c1-16-21(18,19)14-10-11(15)5-6-13(14)17-8-7-12-4-2-3-9-20-12/h5-6,10,12,16-17H,2-4,7-9,15H2,1H3. The average molecular weight is 313 g/mol. The van der Waals surface area contributed by atoms with Crippen LogP contribution in [0.3, 0.4) is 0 Å². The highest BCUT2D eigenvalue weighted by Gasteiger charge is 2.18. The molecule has 1 aromatic carbocycles. The van der Waals surface area contributed by atoms with Crippen LogP contribution in [0.2, 0.25) is 0 Å². The average Bonchev–Trinajstić information content (AvgIpc) is 2.49. The molecule has 0 radical (unpaired) electrons. The van der Waals surface area contributed by atoms with Crippen molar-refractivity contribution in [2.24, 2.45) is 0 Å². The van der Waals surface area contributed by atoms with Crippen molar-refractivity contribution in [2.45, 2.75) is 36.7 Å². The Bertz CT molecular complexity index is 569. The van der Waals surface area contributed by atoms with Gasteiger partial charge < -0.3 is 15.8 Å². The van der Waals surface area contributed by atoms with E-state index < -0.39 is 10.0 Å². The number of nitrogens with two attached hydrogens (primary N) is 1. The van der Waals surface area contributed by atoms with Crippen molar-refractivity contribution in [2.75, 3.05) is 31.2 Å². The molecule has 6 nitrogen and oxygen atoms in total. The highest BCUT2D eigenvalue weighted by Crippen LogP contribution is 2.24. The molecular weight excluding hydrogens is 290 g/mol. The van der Waals surface area contributed by atoms with E-state index >= 15 is 0 Å². The second-order valence-electron chi connectivity index (χ2n) is 5.17. The van der Waals surface area contributed by atoms with Gasteiger partial charge in [-0.1, -0.05) is 0 Å². The molecule has 0 saturated carbocycles. The van der Waals surface area contributed by atoms with Gasteiger partial charge in [0, 0.05) is 18.8 Å². The van der Waals surface area contributed by atoms with Gasteiger partial charge in [0.1, 0.15) is 4.90 Å². The maximum atomic E-state index is 12.0. The van der Waals surface area contributed by atoms with Gasteiger partial charge in [0.2, 0.25) is 10.0 Å². The first-order chi connectivity index (χ1) is 10.0. The number of ether oxygens (including phenoxy) is 1. The summed E-state index contributed by atoms with van der Waals surface area (Å²) in [6.45, 7) is 1.49. The summed E-state index contributed by atoms with van der Waals surface area (Å²) in [7, 11) is -2.14. The van der Waals surface area contributed by atoms with E-state index in [1.807, 2.05) is 0 Å². The molecule has 1 aromatic rings. The smallest absolute Gasteiger partial charge is 0.242 e. The highest BCUT2D eigenvalue weighted by molar-refractivity contribution is 7.89. The van der Waals surface area contributed by atoms with Crippen molar-refractivity contribution in [3.63, 3.8) is 0 Å². The van der Waals surface area contributed by atoms with E-state index in [-0.39, 0.29) is 11.0 Å². The summed E-state index contributed by atoms with van der Waals surface area (Å²) >= 11 is 0. The Morgan fingerprint density at radius 1 is 1.38 bits per heavy atom. The van der Waals surface area contributed by atoms with Crippen LogP contribution in [-0.2, 0) is 14.8 Å². The van der Waals surface area contributed by atoms with Crippen LogP contribution in [0.25, 0.3) is 0 Å². The molecule has 1 aliphatic heterocycles. The molecule has 21 heavy (non-hydrogen) atoms. The van der Waals surface area contributed by atoms with Crippen LogP contribution in [0, 0.1) is 0 Å². The summed E-state index contributed by atoms with van der Waals surface area (Å²) in [5, 5.41) is 3.17. The van der Waals surface area contributed by atoms with Gasteiger partial charge in [0.05, 0.1) is 11.8 Å². The Labute approximate surface area is 126 Å². The lowest BCUT2D eigenvalue weighted by atomic mass is 10.1. The van der Waals surface area contributed by atoms with E-state index in [0.29, 0.717) is 17.9 Å². The normalized spacial score (nSPS) is 19.4. The second-order valence-corrected chi connectivity index (χ2v) is 7.02. The predicted octanol–water partition coefficient (Wildman–Crippen LogP) is 1.55. The Morgan fingerprint density at radius 3 is 2.86 bits per heavy atom. The van der Waals surface area contributed by atoms with Crippen molar-refractivity contribution in [3.05, 3.63) is 18.2 Å². The van der Waals surface area contributed by atoms with Crippen molar-refractivity contribution in [3.8, 4) is 0 Å². The molecule has 1 heterocycles. The first-order valence-corrected chi connectivity index (χ1v) is 8.70. The summed E-state index contributed by atoms with van der Waals surface area (Å²) in [6.07, 6.45) is 4.54. The topological polar surface area (TPSA) is 93.5 Å². The van der Waals surface area contributed by atoms with Crippen LogP contribution in [-0.4, -0.2) is 34.7 Å². The summed E-state index contributed by atoms with van der Waals surface area (Å²) in [6, 6.07) is 4.85. The molecule has 0 bridgehead atoms. The molecule has 1 aliphatic rings. The monoisotopic (exact) mass is 313 g/mol.